The molecule has 1 aliphatic heterocycles. The van der Waals surface area contributed by atoms with E-state index < -0.39 is 0 Å². The van der Waals surface area contributed by atoms with Crippen LogP contribution in [0.4, 0.5) is 5.69 Å². The summed E-state index contributed by atoms with van der Waals surface area (Å²) in [6.45, 7) is 2.17. The Kier molecular flexibility index (Phi) is 3.17. The summed E-state index contributed by atoms with van der Waals surface area (Å²) in [5, 5.41) is 20.0. The largest absolute Gasteiger partial charge is 0.392 e. The fourth-order valence-electron chi connectivity index (χ4n) is 1.98. The molecule has 0 saturated carbocycles. The molecule has 1 aromatic carbocycles. The molecule has 0 bridgehead atoms. The molecule has 5 heteroatoms. The smallest absolute Gasteiger partial charge is 0.269 e. The first-order chi connectivity index (χ1) is 7.65. The van der Waals surface area contributed by atoms with E-state index in [2.05, 4.69) is 4.90 Å². The van der Waals surface area contributed by atoms with E-state index in [0.717, 1.165) is 18.5 Å². The predicted molar refractivity (Wildman–Crippen MR) is 59.0 cm³/mol. The molecule has 1 N–H and O–H groups in total. The van der Waals surface area contributed by atoms with Gasteiger partial charge in [-0.25, -0.2) is 0 Å². The number of rotatable bonds is 3. The van der Waals surface area contributed by atoms with Gasteiger partial charge in [0.15, 0.2) is 0 Å². The van der Waals surface area contributed by atoms with Crippen LogP contribution in [0.5, 0.6) is 0 Å². The Morgan fingerprint density at radius 1 is 1.56 bits per heavy atom. The van der Waals surface area contributed by atoms with Crippen LogP contribution in [-0.2, 0) is 6.54 Å². The molecule has 1 aliphatic rings. The number of non-ortho nitro benzene ring substituents is 1. The van der Waals surface area contributed by atoms with Gasteiger partial charge in [-0.05, 0) is 12.0 Å². The molecular weight excluding hydrogens is 208 g/mol. The molecule has 0 unspecified atom stereocenters. The second-order valence-corrected chi connectivity index (χ2v) is 4.10. The van der Waals surface area contributed by atoms with Crippen molar-refractivity contribution in [1.82, 2.24) is 4.90 Å². The molecule has 0 amide bonds. The molecular formula is C11H14N2O3. The number of nitro benzene ring substituents is 1. The molecule has 2 rings (SSSR count). The number of nitrogens with zero attached hydrogens (tertiary/aromatic N) is 2. The fourth-order valence-corrected chi connectivity index (χ4v) is 1.98. The molecule has 0 spiro atoms. The molecule has 0 aliphatic carbocycles. The standard InChI is InChI=1S/C11H14N2O3/c14-11-4-5-12(8-11)7-9-2-1-3-10(6-9)13(15)16/h1-3,6,11,14H,4-5,7-8H2/t11-/m1/s1. The second-order valence-electron chi connectivity index (χ2n) is 4.10. The van der Waals surface area contributed by atoms with Crippen LogP contribution in [0.3, 0.4) is 0 Å². The monoisotopic (exact) mass is 222 g/mol. The minimum atomic E-state index is -0.387. The van der Waals surface area contributed by atoms with Crippen molar-refractivity contribution < 1.29 is 10.0 Å². The van der Waals surface area contributed by atoms with Crippen molar-refractivity contribution in [3.05, 3.63) is 39.9 Å². The van der Waals surface area contributed by atoms with Gasteiger partial charge in [0.25, 0.3) is 5.69 Å². The normalized spacial score (nSPS) is 21.2. The molecule has 5 nitrogen and oxygen atoms in total. The zero-order valence-corrected chi connectivity index (χ0v) is 8.87. The van der Waals surface area contributed by atoms with Crippen molar-refractivity contribution in [3.8, 4) is 0 Å². The summed E-state index contributed by atoms with van der Waals surface area (Å²) >= 11 is 0. The minimum absolute atomic E-state index is 0.122. The second kappa shape index (κ2) is 4.59. The van der Waals surface area contributed by atoms with Crippen molar-refractivity contribution in [3.63, 3.8) is 0 Å². The van der Waals surface area contributed by atoms with E-state index >= 15 is 0 Å². The number of aliphatic hydroxyl groups is 1. The average molecular weight is 222 g/mol. The van der Waals surface area contributed by atoms with E-state index in [1.54, 1.807) is 12.1 Å². The van der Waals surface area contributed by atoms with E-state index in [0.29, 0.717) is 13.1 Å². The summed E-state index contributed by atoms with van der Waals surface area (Å²) in [7, 11) is 0. The summed E-state index contributed by atoms with van der Waals surface area (Å²) in [5.41, 5.74) is 1.04. The summed E-state index contributed by atoms with van der Waals surface area (Å²) in [5.74, 6) is 0. The number of hydrogen-bond acceptors (Lipinski definition) is 4. The number of hydrogen-bond donors (Lipinski definition) is 1. The van der Waals surface area contributed by atoms with Crippen LogP contribution in [0.2, 0.25) is 0 Å². The number of nitro groups is 1. The lowest BCUT2D eigenvalue weighted by Crippen LogP contribution is -2.21. The van der Waals surface area contributed by atoms with Crippen LogP contribution >= 0.6 is 0 Å². The van der Waals surface area contributed by atoms with Crippen molar-refractivity contribution >= 4 is 5.69 Å². The third-order valence-corrected chi connectivity index (χ3v) is 2.78. The number of aliphatic hydroxyl groups excluding tert-OH is 1. The van der Waals surface area contributed by atoms with E-state index in [4.69, 9.17) is 0 Å². The molecule has 1 aromatic rings. The maximum absolute atomic E-state index is 10.6. The van der Waals surface area contributed by atoms with E-state index in [9.17, 15) is 15.2 Å². The molecule has 0 aromatic heterocycles. The fraction of sp³-hybridized carbons (Fsp3) is 0.455. The van der Waals surface area contributed by atoms with Crippen molar-refractivity contribution in [2.45, 2.75) is 19.1 Å². The van der Waals surface area contributed by atoms with Gasteiger partial charge in [-0.3, -0.25) is 15.0 Å². The van der Waals surface area contributed by atoms with Crippen molar-refractivity contribution in [2.24, 2.45) is 0 Å². The Balaban J connectivity index is 2.04. The first-order valence-corrected chi connectivity index (χ1v) is 5.29. The summed E-state index contributed by atoms with van der Waals surface area (Å²) in [4.78, 5) is 12.3. The zero-order chi connectivity index (χ0) is 11.5. The molecule has 1 fully saturated rings. The third-order valence-electron chi connectivity index (χ3n) is 2.78. The van der Waals surface area contributed by atoms with Crippen molar-refractivity contribution in [2.75, 3.05) is 13.1 Å². The van der Waals surface area contributed by atoms with Gasteiger partial charge in [0, 0.05) is 31.8 Å². The highest BCUT2D eigenvalue weighted by molar-refractivity contribution is 5.34. The maximum Gasteiger partial charge on any atom is 0.269 e. The highest BCUT2D eigenvalue weighted by Crippen LogP contribution is 2.17. The van der Waals surface area contributed by atoms with Crippen molar-refractivity contribution in [1.29, 1.82) is 0 Å². The van der Waals surface area contributed by atoms with Gasteiger partial charge < -0.3 is 5.11 Å². The molecule has 0 radical (unpaired) electrons. The quantitative estimate of drug-likeness (QED) is 0.615. The minimum Gasteiger partial charge on any atom is -0.392 e. The summed E-state index contributed by atoms with van der Waals surface area (Å²) in [6.07, 6.45) is 0.535. The van der Waals surface area contributed by atoms with Crippen LogP contribution in [0.15, 0.2) is 24.3 Å². The van der Waals surface area contributed by atoms with Crippen LogP contribution in [0.1, 0.15) is 12.0 Å². The Morgan fingerprint density at radius 3 is 3.00 bits per heavy atom. The SMILES string of the molecule is O=[N+]([O-])c1cccc(CN2CC[C@@H](O)C2)c1. The molecule has 1 saturated heterocycles. The van der Waals surface area contributed by atoms with Crippen LogP contribution in [-0.4, -0.2) is 34.1 Å². The molecule has 1 heterocycles. The van der Waals surface area contributed by atoms with Gasteiger partial charge in [-0.1, -0.05) is 12.1 Å². The predicted octanol–water partition coefficient (Wildman–Crippen LogP) is 1.16. The Bertz CT molecular complexity index is 395. The highest BCUT2D eigenvalue weighted by atomic mass is 16.6. The molecule has 16 heavy (non-hydrogen) atoms. The number of benzene rings is 1. The molecule has 86 valence electrons. The van der Waals surface area contributed by atoms with E-state index in [1.807, 2.05) is 6.07 Å². The van der Waals surface area contributed by atoms with Gasteiger partial charge in [-0.15, -0.1) is 0 Å². The van der Waals surface area contributed by atoms with Crippen LogP contribution in [0.25, 0.3) is 0 Å². The zero-order valence-electron chi connectivity index (χ0n) is 8.87. The first kappa shape index (κ1) is 11.0. The Hall–Kier alpha value is -1.46. The number of likely N-dealkylation sites (tertiary alicyclic amines) is 1. The number of β-amino-alcohol motifs (C(OH)–C–C–N with tert-alkyl or cyclic N) is 1. The van der Waals surface area contributed by atoms with Gasteiger partial charge in [0.05, 0.1) is 11.0 Å². The topological polar surface area (TPSA) is 66.6 Å². The average Bonchev–Trinajstić information content (AvgIpc) is 2.64. The maximum atomic E-state index is 10.6. The van der Waals surface area contributed by atoms with Crippen LogP contribution in [0, 0.1) is 10.1 Å². The lowest BCUT2D eigenvalue weighted by atomic mass is 10.2. The van der Waals surface area contributed by atoms with Gasteiger partial charge >= 0.3 is 0 Å². The van der Waals surface area contributed by atoms with Gasteiger partial charge in [0.2, 0.25) is 0 Å². The lowest BCUT2D eigenvalue weighted by molar-refractivity contribution is -0.384. The van der Waals surface area contributed by atoms with Crippen LogP contribution < -0.4 is 0 Å². The third kappa shape index (κ3) is 2.56. The van der Waals surface area contributed by atoms with E-state index in [1.165, 1.54) is 6.07 Å². The van der Waals surface area contributed by atoms with Gasteiger partial charge in [0.1, 0.15) is 0 Å². The summed E-state index contributed by atoms with van der Waals surface area (Å²) < 4.78 is 0. The lowest BCUT2D eigenvalue weighted by Gasteiger charge is -2.14. The molecule has 1 atom stereocenters. The Labute approximate surface area is 93.5 Å². The van der Waals surface area contributed by atoms with E-state index in [-0.39, 0.29) is 16.7 Å². The highest BCUT2D eigenvalue weighted by Gasteiger charge is 2.20. The Morgan fingerprint density at radius 2 is 2.38 bits per heavy atom. The summed E-state index contributed by atoms with van der Waals surface area (Å²) in [6, 6.07) is 6.64. The van der Waals surface area contributed by atoms with Gasteiger partial charge in [-0.2, -0.15) is 0 Å². The first-order valence-electron chi connectivity index (χ1n) is 5.29.